The molecule has 0 aliphatic carbocycles. The lowest BCUT2D eigenvalue weighted by Crippen LogP contribution is -2.32. The number of nitrogens with one attached hydrogen (secondary N) is 1. The molecule has 0 saturated carbocycles. The molecule has 1 aromatic heterocycles. The Morgan fingerprint density at radius 3 is 2.79 bits per heavy atom. The smallest absolute Gasteiger partial charge is 0.263 e. The van der Waals surface area contributed by atoms with Crippen molar-refractivity contribution in [2.24, 2.45) is 0 Å². The van der Waals surface area contributed by atoms with Crippen LogP contribution in [0.4, 0.5) is 5.69 Å². The van der Waals surface area contributed by atoms with Gasteiger partial charge in [-0.15, -0.1) is 11.3 Å². The van der Waals surface area contributed by atoms with Crippen LogP contribution < -0.4 is 5.32 Å². The minimum absolute atomic E-state index is 0.0106. The normalized spacial score (nSPS) is 17.2. The lowest BCUT2D eigenvalue weighted by molar-refractivity contribution is -0.127. The van der Waals surface area contributed by atoms with Crippen LogP contribution in [0.5, 0.6) is 0 Å². The fourth-order valence-corrected chi connectivity index (χ4v) is 3.58. The molecule has 3 rings (SSSR count). The lowest BCUT2D eigenvalue weighted by atomic mass is 10.1. The van der Waals surface area contributed by atoms with Crippen molar-refractivity contribution >= 4 is 28.8 Å². The van der Waals surface area contributed by atoms with Crippen LogP contribution in [0.15, 0.2) is 41.8 Å². The van der Waals surface area contributed by atoms with E-state index in [1.165, 1.54) is 11.3 Å². The Hall–Kier alpha value is -2.34. The van der Waals surface area contributed by atoms with Crippen molar-refractivity contribution in [1.82, 2.24) is 9.80 Å². The summed E-state index contributed by atoms with van der Waals surface area (Å²) in [5.41, 5.74) is 1.92. The molecule has 126 valence electrons. The molecule has 2 heterocycles. The maximum Gasteiger partial charge on any atom is 0.263 e. The average Bonchev–Trinajstić information content (AvgIpc) is 3.22. The SMILES string of the molecule is CN(Cc1ccccc1NC1CCN(C)C1=O)C(=O)c1cccs1. The molecule has 1 N–H and O–H groups in total. The Balaban J connectivity index is 1.72. The van der Waals surface area contributed by atoms with Crippen LogP contribution in [-0.2, 0) is 11.3 Å². The van der Waals surface area contributed by atoms with Crippen LogP contribution >= 0.6 is 11.3 Å². The van der Waals surface area contributed by atoms with Gasteiger partial charge in [-0.2, -0.15) is 0 Å². The highest BCUT2D eigenvalue weighted by Gasteiger charge is 2.29. The second kappa shape index (κ2) is 7.05. The minimum atomic E-state index is -0.186. The third-order valence-electron chi connectivity index (χ3n) is 4.26. The third kappa shape index (κ3) is 3.43. The molecule has 1 saturated heterocycles. The number of benzene rings is 1. The van der Waals surface area contributed by atoms with E-state index in [2.05, 4.69) is 5.32 Å². The van der Waals surface area contributed by atoms with Crippen LogP contribution in [-0.4, -0.2) is 48.3 Å². The molecule has 1 aliphatic heterocycles. The first-order valence-electron chi connectivity index (χ1n) is 7.94. The summed E-state index contributed by atoms with van der Waals surface area (Å²) in [5, 5.41) is 5.24. The number of nitrogens with zero attached hydrogens (tertiary/aromatic N) is 2. The number of likely N-dealkylation sites (tertiary alicyclic amines) is 1. The van der Waals surface area contributed by atoms with Crippen molar-refractivity contribution in [2.45, 2.75) is 19.0 Å². The molecule has 2 aromatic rings. The summed E-state index contributed by atoms with van der Waals surface area (Å²) < 4.78 is 0. The van der Waals surface area contributed by atoms with Gasteiger partial charge in [0.1, 0.15) is 6.04 Å². The van der Waals surface area contributed by atoms with E-state index in [1.54, 1.807) is 16.8 Å². The largest absolute Gasteiger partial charge is 0.373 e. The van der Waals surface area contributed by atoms with E-state index in [-0.39, 0.29) is 17.9 Å². The first kappa shape index (κ1) is 16.5. The van der Waals surface area contributed by atoms with Crippen molar-refractivity contribution in [2.75, 3.05) is 26.0 Å². The van der Waals surface area contributed by atoms with Crippen molar-refractivity contribution in [3.63, 3.8) is 0 Å². The number of para-hydroxylation sites is 1. The second-order valence-corrected chi connectivity index (χ2v) is 6.99. The van der Waals surface area contributed by atoms with Gasteiger partial charge in [0.05, 0.1) is 4.88 Å². The van der Waals surface area contributed by atoms with E-state index in [0.29, 0.717) is 6.54 Å². The van der Waals surface area contributed by atoms with Crippen LogP contribution in [0.25, 0.3) is 0 Å². The summed E-state index contributed by atoms with van der Waals surface area (Å²) >= 11 is 1.44. The number of carbonyl (C=O) groups is 2. The van der Waals surface area contributed by atoms with Gasteiger partial charge in [-0.25, -0.2) is 0 Å². The Morgan fingerprint density at radius 2 is 2.12 bits per heavy atom. The Kier molecular flexibility index (Phi) is 4.85. The molecular formula is C18H21N3O2S. The fourth-order valence-electron chi connectivity index (χ4n) is 2.86. The number of amides is 2. The zero-order valence-corrected chi connectivity index (χ0v) is 14.7. The molecule has 1 atom stereocenters. The quantitative estimate of drug-likeness (QED) is 0.908. The minimum Gasteiger partial charge on any atom is -0.373 e. The Labute approximate surface area is 145 Å². The van der Waals surface area contributed by atoms with Gasteiger partial charge in [0.25, 0.3) is 5.91 Å². The average molecular weight is 343 g/mol. The lowest BCUT2D eigenvalue weighted by Gasteiger charge is -2.21. The highest BCUT2D eigenvalue weighted by molar-refractivity contribution is 7.12. The van der Waals surface area contributed by atoms with Crippen molar-refractivity contribution in [3.05, 3.63) is 52.2 Å². The van der Waals surface area contributed by atoms with Gasteiger partial charge in [-0.3, -0.25) is 9.59 Å². The van der Waals surface area contributed by atoms with Crippen molar-refractivity contribution < 1.29 is 9.59 Å². The molecule has 5 nitrogen and oxygen atoms in total. The number of anilines is 1. The molecule has 6 heteroatoms. The molecule has 2 amide bonds. The zero-order chi connectivity index (χ0) is 17.1. The molecule has 1 aliphatic rings. The van der Waals surface area contributed by atoms with Crippen LogP contribution in [0.1, 0.15) is 21.7 Å². The highest BCUT2D eigenvalue weighted by Crippen LogP contribution is 2.22. The summed E-state index contributed by atoms with van der Waals surface area (Å²) in [5.74, 6) is 0.129. The van der Waals surface area contributed by atoms with Crippen molar-refractivity contribution in [3.8, 4) is 0 Å². The maximum atomic E-state index is 12.4. The van der Waals surface area contributed by atoms with Gasteiger partial charge in [-0.1, -0.05) is 24.3 Å². The van der Waals surface area contributed by atoms with E-state index >= 15 is 0 Å². The molecule has 24 heavy (non-hydrogen) atoms. The Bertz CT molecular complexity index is 730. The molecule has 1 unspecified atom stereocenters. The monoisotopic (exact) mass is 343 g/mol. The molecule has 0 bridgehead atoms. The summed E-state index contributed by atoms with van der Waals surface area (Å²) in [7, 11) is 3.62. The topological polar surface area (TPSA) is 52.6 Å². The number of likely N-dealkylation sites (N-methyl/N-ethyl adjacent to an activating group) is 1. The highest BCUT2D eigenvalue weighted by atomic mass is 32.1. The van der Waals surface area contributed by atoms with Gasteiger partial charge in [-0.05, 0) is 29.5 Å². The van der Waals surface area contributed by atoms with Crippen LogP contribution in [0, 0.1) is 0 Å². The van der Waals surface area contributed by atoms with Gasteiger partial charge >= 0.3 is 0 Å². The molecule has 0 spiro atoms. The third-order valence-corrected chi connectivity index (χ3v) is 5.12. The van der Waals surface area contributed by atoms with Crippen LogP contribution in [0.3, 0.4) is 0 Å². The van der Waals surface area contributed by atoms with E-state index in [4.69, 9.17) is 0 Å². The standard InChI is InChI=1S/C18H21N3O2S/c1-20-10-9-15(17(20)22)19-14-7-4-3-6-13(14)12-21(2)18(23)16-8-5-11-24-16/h3-8,11,15,19H,9-10,12H2,1-2H3. The van der Waals surface area contributed by atoms with E-state index in [0.717, 1.165) is 29.1 Å². The number of carbonyl (C=O) groups excluding carboxylic acids is 2. The number of thiophene rings is 1. The van der Waals surface area contributed by atoms with E-state index in [9.17, 15) is 9.59 Å². The number of hydrogen-bond donors (Lipinski definition) is 1. The fraction of sp³-hybridized carbons (Fsp3) is 0.333. The first-order chi connectivity index (χ1) is 11.6. The first-order valence-corrected chi connectivity index (χ1v) is 8.82. The predicted molar refractivity (Wildman–Crippen MR) is 96.2 cm³/mol. The number of hydrogen-bond acceptors (Lipinski definition) is 4. The Morgan fingerprint density at radius 1 is 1.33 bits per heavy atom. The summed E-state index contributed by atoms with van der Waals surface area (Å²) in [6, 6.07) is 11.4. The second-order valence-electron chi connectivity index (χ2n) is 6.04. The van der Waals surface area contributed by atoms with E-state index in [1.807, 2.05) is 48.8 Å². The number of rotatable bonds is 5. The van der Waals surface area contributed by atoms with Crippen LogP contribution in [0.2, 0.25) is 0 Å². The summed E-state index contributed by atoms with van der Waals surface area (Å²) in [4.78, 5) is 28.7. The summed E-state index contributed by atoms with van der Waals surface area (Å²) in [6.45, 7) is 1.27. The molecule has 1 fully saturated rings. The van der Waals surface area contributed by atoms with Gasteiger partial charge in [0.2, 0.25) is 5.91 Å². The molecule has 1 aromatic carbocycles. The zero-order valence-electron chi connectivity index (χ0n) is 13.9. The van der Waals surface area contributed by atoms with Gasteiger partial charge in [0, 0.05) is 32.9 Å². The van der Waals surface area contributed by atoms with E-state index < -0.39 is 0 Å². The predicted octanol–water partition coefficient (Wildman–Crippen LogP) is 2.66. The summed E-state index contributed by atoms with van der Waals surface area (Å²) in [6.07, 6.45) is 0.799. The van der Waals surface area contributed by atoms with Gasteiger partial charge in [0.15, 0.2) is 0 Å². The maximum absolute atomic E-state index is 12.4. The molecular weight excluding hydrogens is 322 g/mol. The molecule has 0 radical (unpaired) electrons. The van der Waals surface area contributed by atoms with Crippen molar-refractivity contribution in [1.29, 1.82) is 0 Å². The van der Waals surface area contributed by atoms with Gasteiger partial charge < -0.3 is 15.1 Å².